The molecule has 7 heteroatoms. The second-order valence-corrected chi connectivity index (χ2v) is 7.21. The Labute approximate surface area is 157 Å². The van der Waals surface area contributed by atoms with Gasteiger partial charge in [-0.25, -0.2) is 4.39 Å². The van der Waals surface area contributed by atoms with E-state index in [2.05, 4.69) is 10.4 Å². The van der Waals surface area contributed by atoms with E-state index in [9.17, 15) is 9.18 Å². The Bertz CT molecular complexity index is 1120. The third-order valence-electron chi connectivity index (χ3n) is 3.97. The Hall–Kier alpha value is -2.70. The maximum atomic E-state index is 14.2. The van der Waals surface area contributed by atoms with Crippen LogP contribution in [0.3, 0.4) is 0 Å². The second kappa shape index (κ2) is 6.55. The highest BCUT2D eigenvalue weighted by molar-refractivity contribution is 7.20. The molecule has 2 aromatic carbocycles. The van der Waals surface area contributed by atoms with E-state index < -0.39 is 0 Å². The summed E-state index contributed by atoms with van der Waals surface area (Å²) in [5, 5.41) is 8.61. The monoisotopic (exact) mass is 385 g/mol. The lowest BCUT2D eigenvalue weighted by atomic mass is 10.1. The number of rotatable bonds is 3. The molecular weight excluding hydrogens is 373 g/mol. The molecule has 0 aliphatic rings. The van der Waals surface area contributed by atoms with Gasteiger partial charge < -0.3 is 5.32 Å². The van der Waals surface area contributed by atoms with Crippen LogP contribution >= 0.6 is 22.9 Å². The van der Waals surface area contributed by atoms with Crippen molar-refractivity contribution in [1.82, 2.24) is 9.78 Å². The van der Waals surface area contributed by atoms with Crippen molar-refractivity contribution >= 4 is 44.7 Å². The van der Waals surface area contributed by atoms with Gasteiger partial charge in [-0.05, 0) is 42.5 Å². The Morgan fingerprint density at radius 1 is 1.19 bits per heavy atom. The van der Waals surface area contributed by atoms with Crippen LogP contribution in [-0.4, -0.2) is 15.7 Å². The van der Waals surface area contributed by atoms with Crippen molar-refractivity contribution in [3.05, 3.63) is 70.3 Å². The highest BCUT2D eigenvalue weighted by Crippen LogP contribution is 2.35. The van der Waals surface area contributed by atoms with E-state index in [0.717, 1.165) is 10.2 Å². The molecule has 0 aliphatic heterocycles. The number of hydrogen-bond acceptors (Lipinski definition) is 3. The number of nitrogens with zero attached hydrogens (tertiary/aromatic N) is 2. The highest BCUT2D eigenvalue weighted by atomic mass is 35.5. The zero-order valence-corrected chi connectivity index (χ0v) is 15.2. The molecule has 0 aliphatic carbocycles. The van der Waals surface area contributed by atoms with Crippen molar-refractivity contribution in [3.8, 4) is 11.3 Å². The van der Waals surface area contributed by atoms with E-state index in [1.807, 2.05) is 0 Å². The van der Waals surface area contributed by atoms with Crippen LogP contribution in [-0.2, 0) is 7.05 Å². The molecule has 0 spiro atoms. The van der Waals surface area contributed by atoms with Crippen molar-refractivity contribution in [2.45, 2.75) is 0 Å². The van der Waals surface area contributed by atoms with Gasteiger partial charge in [0.05, 0.1) is 4.88 Å². The molecule has 1 amide bonds. The second-order valence-electron chi connectivity index (χ2n) is 5.74. The molecule has 0 radical (unpaired) electrons. The summed E-state index contributed by atoms with van der Waals surface area (Å²) >= 11 is 7.17. The van der Waals surface area contributed by atoms with Crippen molar-refractivity contribution in [3.63, 3.8) is 0 Å². The fourth-order valence-electron chi connectivity index (χ4n) is 2.73. The van der Waals surface area contributed by atoms with Gasteiger partial charge in [0.2, 0.25) is 0 Å². The molecule has 0 saturated heterocycles. The van der Waals surface area contributed by atoms with Gasteiger partial charge in [0.1, 0.15) is 16.3 Å². The Kier molecular flexibility index (Phi) is 4.22. The first-order valence-corrected chi connectivity index (χ1v) is 9.01. The quantitative estimate of drug-likeness (QED) is 0.517. The van der Waals surface area contributed by atoms with Crippen molar-refractivity contribution in [2.75, 3.05) is 5.32 Å². The number of benzene rings is 2. The zero-order chi connectivity index (χ0) is 18.3. The summed E-state index contributed by atoms with van der Waals surface area (Å²) in [5.41, 5.74) is 1.60. The molecule has 2 aromatic heterocycles. The maximum absolute atomic E-state index is 14.2. The third kappa shape index (κ3) is 2.98. The van der Waals surface area contributed by atoms with E-state index in [0.29, 0.717) is 26.8 Å². The molecule has 2 heterocycles. The van der Waals surface area contributed by atoms with Gasteiger partial charge in [0.25, 0.3) is 5.91 Å². The minimum absolute atomic E-state index is 0.229. The molecular formula is C19H13ClFN3OS. The number of fused-ring (bicyclic) bond motifs is 1. The minimum Gasteiger partial charge on any atom is -0.321 e. The summed E-state index contributed by atoms with van der Waals surface area (Å²) in [4.78, 5) is 13.9. The number of anilines is 1. The van der Waals surface area contributed by atoms with Crippen molar-refractivity contribution < 1.29 is 9.18 Å². The number of aryl methyl sites for hydroxylation is 1. The average molecular weight is 386 g/mol. The fraction of sp³-hybridized carbons (Fsp3) is 0.0526. The summed E-state index contributed by atoms with van der Waals surface area (Å²) in [6, 6.07) is 15.1. The van der Waals surface area contributed by atoms with E-state index in [-0.39, 0.29) is 11.7 Å². The molecule has 4 nitrogen and oxygen atoms in total. The Morgan fingerprint density at radius 3 is 2.65 bits per heavy atom. The molecule has 130 valence electrons. The largest absolute Gasteiger partial charge is 0.321 e. The van der Waals surface area contributed by atoms with Gasteiger partial charge in [-0.3, -0.25) is 9.48 Å². The molecule has 0 fully saturated rings. The summed E-state index contributed by atoms with van der Waals surface area (Å²) in [7, 11) is 1.78. The van der Waals surface area contributed by atoms with Gasteiger partial charge in [0, 0.05) is 28.7 Å². The van der Waals surface area contributed by atoms with Crippen LogP contribution in [0.2, 0.25) is 5.02 Å². The molecule has 0 unspecified atom stereocenters. The third-order valence-corrected chi connectivity index (χ3v) is 5.42. The van der Waals surface area contributed by atoms with Crippen LogP contribution in [0, 0.1) is 5.82 Å². The van der Waals surface area contributed by atoms with Gasteiger partial charge in [-0.2, -0.15) is 5.10 Å². The van der Waals surface area contributed by atoms with Gasteiger partial charge in [-0.15, -0.1) is 11.3 Å². The molecule has 0 bridgehead atoms. The van der Waals surface area contributed by atoms with E-state index in [4.69, 9.17) is 11.6 Å². The molecule has 26 heavy (non-hydrogen) atoms. The Morgan fingerprint density at radius 2 is 1.92 bits per heavy atom. The smallest absolute Gasteiger partial charge is 0.265 e. The topological polar surface area (TPSA) is 46.9 Å². The van der Waals surface area contributed by atoms with Crippen LogP contribution < -0.4 is 5.32 Å². The lowest BCUT2D eigenvalue weighted by Crippen LogP contribution is -2.09. The van der Waals surface area contributed by atoms with E-state index in [1.165, 1.54) is 17.4 Å². The number of carbonyl (C=O) groups excluding carboxylic acids is 1. The van der Waals surface area contributed by atoms with Crippen LogP contribution in [0.5, 0.6) is 0 Å². The summed E-state index contributed by atoms with van der Waals surface area (Å²) in [6.45, 7) is 0. The van der Waals surface area contributed by atoms with Crippen LogP contribution in [0.1, 0.15) is 9.67 Å². The van der Waals surface area contributed by atoms with Gasteiger partial charge in [-0.1, -0.05) is 23.7 Å². The summed E-state index contributed by atoms with van der Waals surface area (Å²) < 4.78 is 15.8. The SMILES string of the molecule is Cn1nc(-c2ccccc2F)c2cc(C(=O)Nc3ccc(Cl)cc3)sc21. The number of thiophene rings is 1. The van der Waals surface area contributed by atoms with Crippen LogP contribution in [0.4, 0.5) is 10.1 Å². The minimum atomic E-state index is -0.342. The predicted octanol–water partition coefficient (Wildman–Crippen LogP) is 5.35. The van der Waals surface area contributed by atoms with Crippen molar-refractivity contribution in [2.24, 2.45) is 7.05 Å². The van der Waals surface area contributed by atoms with Crippen LogP contribution in [0.25, 0.3) is 21.5 Å². The first-order valence-electron chi connectivity index (χ1n) is 7.81. The van der Waals surface area contributed by atoms with E-state index in [1.54, 1.807) is 60.3 Å². The first kappa shape index (κ1) is 16.8. The van der Waals surface area contributed by atoms with Gasteiger partial charge >= 0.3 is 0 Å². The first-order chi connectivity index (χ1) is 12.5. The van der Waals surface area contributed by atoms with E-state index >= 15 is 0 Å². The predicted molar refractivity (Wildman–Crippen MR) is 103 cm³/mol. The van der Waals surface area contributed by atoms with Gasteiger partial charge in [0.15, 0.2) is 0 Å². The fourth-order valence-corrected chi connectivity index (χ4v) is 3.82. The summed E-state index contributed by atoms with van der Waals surface area (Å²) in [6.07, 6.45) is 0. The number of carbonyl (C=O) groups is 1. The average Bonchev–Trinajstić information content (AvgIpc) is 3.19. The number of amides is 1. The molecule has 1 N–H and O–H groups in total. The highest BCUT2D eigenvalue weighted by Gasteiger charge is 2.19. The summed E-state index contributed by atoms with van der Waals surface area (Å²) in [5.74, 6) is -0.570. The number of hydrogen-bond donors (Lipinski definition) is 1. The molecule has 0 saturated carbocycles. The standard InChI is InChI=1S/C19H13ClFN3OS/c1-24-19-14(17(23-24)13-4-2-3-5-15(13)21)10-16(26-19)18(25)22-12-8-6-11(20)7-9-12/h2-10H,1H3,(H,22,25). The normalized spacial score (nSPS) is 11.0. The molecule has 4 rings (SSSR count). The Balaban J connectivity index is 1.72. The van der Waals surface area contributed by atoms with Crippen molar-refractivity contribution in [1.29, 1.82) is 0 Å². The molecule has 0 atom stereocenters. The number of halogens is 2. The lowest BCUT2D eigenvalue weighted by Gasteiger charge is -2.03. The lowest BCUT2D eigenvalue weighted by molar-refractivity contribution is 0.103. The zero-order valence-electron chi connectivity index (χ0n) is 13.7. The number of aromatic nitrogens is 2. The maximum Gasteiger partial charge on any atom is 0.265 e. The number of nitrogens with one attached hydrogen (secondary N) is 1. The van der Waals surface area contributed by atoms with Crippen LogP contribution in [0.15, 0.2) is 54.6 Å². The molecule has 4 aromatic rings.